The van der Waals surface area contributed by atoms with Gasteiger partial charge in [-0.2, -0.15) is 0 Å². The van der Waals surface area contributed by atoms with Gasteiger partial charge in [0.25, 0.3) is 0 Å². The van der Waals surface area contributed by atoms with Crippen LogP contribution in [0.25, 0.3) is 21.7 Å². The van der Waals surface area contributed by atoms with Crippen LogP contribution < -0.4 is 9.62 Å². The van der Waals surface area contributed by atoms with Crippen LogP contribution in [0, 0.1) is 6.92 Å². The Kier molecular flexibility index (Phi) is 5.08. The molecule has 0 bridgehead atoms. The first-order valence-corrected chi connectivity index (χ1v) is 12.0. The molecule has 0 aliphatic carbocycles. The number of aromatic nitrogens is 2. The molecule has 1 aliphatic rings. The Balaban J connectivity index is 1.47. The van der Waals surface area contributed by atoms with E-state index in [9.17, 15) is 8.42 Å². The summed E-state index contributed by atoms with van der Waals surface area (Å²) >= 11 is 0. The van der Waals surface area contributed by atoms with Crippen LogP contribution in [0.3, 0.4) is 0 Å². The first-order chi connectivity index (χ1) is 15.0. The van der Waals surface area contributed by atoms with Crippen molar-refractivity contribution in [1.82, 2.24) is 14.7 Å². The van der Waals surface area contributed by atoms with E-state index in [1.807, 2.05) is 55.5 Å². The van der Waals surface area contributed by atoms with Crippen LogP contribution in [-0.4, -0.2) is 31.5 Å². The van der Waals surface area contributed by atoms with Gasteiger partial charge in [0, 0.05) is 18.5 Å². The Bertz CT molecular complexity index is 1380. The van der Waals surface area contributed by atoms with Crippen LogP contribution in [0.5, 0.6) is 0 Å². The number of nitrogens with zero attached hydrogens (tertiary/aromatic N) is 3. The first-order valence-electron chi connectivity index (χ1n) is 10.5. The highest BCUT2D eigenvalue weighted by molar-refractivity contribution is 7.89. The molecule has 4 aromatic rings. The minimum atomic E-state index is -3.69. The molecule has 5 rings (SSSR count). The first kappa shape index (κ1) is 19.9. The van der Waals surface area contributed by atoms with Gasteiger partial charge in [0.2, 0.25) is 10.0 Å². The fraction of sp³-hybridized carbons (Fsp3) is 0.250. The zero-order valence-electron chi connectivity index (χ0n) is 17.4. The van der Waals surface area contributed by atoms with Gasteiger partial charge in [-0.05, 0) is 54.3 Å². The van der Waals surface area contributed by atoms with Crippen molar-refractivity contribution in [3.63, 3.8) is 0 Å². The molecule has 0 atom stereocenters. The predicted molar refractivity (Wildman–Crippen MR) is 124 cm³/mol. The van der Waals surface area contributed by atoms with E-state index in [0.29, 0.717) is 5.82 Å². The molecule has 0 radical (unpaired) electrons. The number of fused-ring (bicyclic) bond motifs is 2. The number of hydrogen-bond acceptors (Lipinski definition) is 5. The third-order valence-electron chi connectivity index (χ3n) is 5.81. The third kappa shape index (κ3) is 3.86. The van der Waals surface area contributed by atoms with Crippen molar-refractivity contribution >= 4 is 37.5 Å². The van der Waals surface area contributed by atoms with Gasteiger partial charge >= 0.3 is 0 Å². The maximum Gasteiger partial charge on any atom is 0.240 e. The lowest BCUT2D eigenvalue weighted by molar-refractivity contribution is 0.579. The number of aryl methyl sites for hydroxylation is 1. The van der Waals surface area contributed by atoms with Gasteiger partial charge < -0.3 is 4.90 Å². The predicted octanol–water partition coefficient (Wildman–Crippen LogP) is 4.17. The number of anilines is 1. The molecule has 1 saturated heterocycles. The molecule has 158 valence electrons. The zero-order chi connectivity index (χ0) is 21.4. The zero-order valence-corrected chi connectivity index (χ0v) is 18.2. The van der Waals surface area contributed by atoms with Crippen molar-refractivity contribution in [2.45, 2.75) is 31.2 Å². The van der Waals surface area contributed by atoms with Crippen molar-refractivity contribution < 1.29 is 8.42 Å². The summed E-state index contributed by atoms with van der Waals surface area (Å²) < 4.78 is 28.6. The maximum atomic E-state index is 12.9. The third-order valence-corrected chi connectivity index (χ3v) is 7.21. The van der Waals surface area contributed by atoms with Crippen LogP contribution in [0.4, 0.5) is 5.82 Å². The van der Waals surface area contributed by atoms with Gasteiger partial charge in [-0.25, -0.2) is 23.1 Å². The highest BCUT2D eigenvalue weighted by Gasteiger charge is 2.20. The molecule has 2 heterocycles. The van der Waals surface area contributed by atoms with E-state index < -0.39 is 10.0 Å². The molecule has 31 heavy (non-hydrogen) atoms. The Morgan fingerprint density at radius 3 is 2.52 bits per heavy atom. The minimum absolute atomic E-state index is 0.0419. The maximum absolute atomic E-state index is 12.9. The SMILES string of the molecule is Cc1cccc2c(N3CCCC3)nc(CNS(=O)(=O)c3ccc4ccccc4c3)nc12. The molecule has 6 nitrogen and oxygen atoms in total. The fourth-order valence-corrected chi connectivity index (χ4v) is 5.17. The lowest BCUT2D eigenvalue weighted by Crippen LogP contribution is -2.26. The topological polar surface area (TPSA) is 75.2 Å². The summed E-state index contributed by atoms with van der Waals surface area (Å²) in [6.07, 6.45) is 2.28. The molecule has 7 heteroatoms. The summed E-state index contributed by atoms with van der Waals surface area (Å²) in [6.45, 7) is 3.98. The number of nitrogens with one attached hydrogen (secondary N) is 1. The number of benzene rings is 3. The molecule has 1 fully saturated rings. The van der Waals surface area contributed by atoms with Gasteiger partial charge in [0.15, 0.2) is 0 Å². The summed E-state index contributed by atoms with van der Waals surface area (Å²) in [5, 5.41) is 2.91. The highest BCUT2D eigenvalue weighted by Crippen LogP contribution is 2.28. The Labute approximate surface area is 182 Å². The summed E-state index contributed by atoms with van der Waals surface area (Å²) in [4.78, 5) is 12.0. The monoisotopic (exact) mass is 432 g/mol. The quantitative estimate of drug-likeness (QED) is 0.512. The van der Waals surface area contributed by atoms with Crippen molar-refractivity contribution in [3.8, 4) is 0 Å². The second-order valence-corrected chi connectivity index (χ2v) is 9.73. The fourth-order valence-electron chi connectivity index (χ4n) is 4.15. The van der Waals surface area contributed by atoms with Crippen molar-refractivity contribution in [1.29, 1.82) is 0 Å². The van der Waals surface area contributed by atoms with Gasteiger partial charge in [0.05, 0.1) is 17.0 Å². The van der Waals surface area contributed by atoms with E-state index in [2.05, 4.69) is 14.6 Å². The highest BCUT2D eigenvalue weighted by atomic mass is 32.2. The molecule has 0 spiro atoms. The van der Waals surface area contributed by atoms with Crippen LogP contribution in [0.1, 0.15) is 24.2 Å². The Hall–Kier alpha value is -3.03. The van der Waals surface area contributed by atoms with Crippen LogP contribution in [0.2, 0.25) is 0 Å². The van der Waals surface area contributed by atoms with Gasteiger partial charge in [0.1, 0.15) is 11.6 Å². The molecule has 0 saturated carbocycles. The van der Waals surface area contributed by atoms with Crippen LogP contribution in [0.15, 0.2) is 65.6 Å². The van der Waals surface area contributed by atoms with Gasteiger partial charge in [-0.15, -0.1) is 0 Å². The summed E-state index contributed by atoms with van der Waals surface area (Å²) in [6, 6.07) is 18.9. The van der Waals surface area contributed by atoms with Crippen molar-refractivity contribution in [2.75, 3.05) is 18.0 Å². The second kappa shape index (κ2) is 7.90. The van der Waals surface area contributed by atoms with E-state index in [4.69, 9.17) is 4.98 Å². The number of para-hydroxylation sites is 1. The lowest BCUT2D eigenvalue weighted by Gasteiger charge is -2.20. The second-order valence-electron chi connectivity index (χ2n) is 7.96. The summed E-state index contributed by atoms with van der Waals surface area (Å²) in [7, 11) is -3.69. The standard InChI is InChI=1S/C24H24N4O2S/c1-17-7-6-10-21-23(17)26-22(27-24(21)28-13-4-5-14-28)16-25-31(29,30)20-12-11-18-8-2-3-9-19(18)15-20/h2-3,6-12,15,25H,4-5,13-14,16H2,1H3. The van der Waals surface area contributed by atoms with E-state index in [1.54, 1.807) is 12.1 Å². The lowest BCUT2D eigenvalue weighted by atomic mass is 10.1. The van der Waals surface area contributed by atoms with Crippen LogP contribution >= 0.6 is 0 Å². The molecule has 1 N–H and O–H groups in total. The number of hydrogen-bond donors (Lipinski definition) is 1. The van der Waals surface area contributed by atoms with E-state index in [-0.39, 0.29) is 11.4 Å². The van der Waals surface area contributed by atoms with E-state index in [1.165, 1.54) is 0 Å². The number of rotatable bonds is 5. The van der Waals surface area contributed by atoms with E-state index in [0.717, 1.165) is 59.0 Å². The van der Waals surface area contributed by atoms with Gasteiger partial charge in [-0.1, -0.05) is 42.5 Å². The molecule has 3 aromatic carbocycles. The molecular formula is C24H24N4O2S. The number of sulfonamides is 1. The summed E-state index contributed by atoms with van der Waals surface area (Å²) in [5.41, 5.74) is 1.93. The average molecular weight is 433 g/mol. The normalized spacial score (nSPS) is 14.5. The van der Waals surface area contributed by atoms with Crippen molar-refractivity contribution in [2.24, 2.45) is 0 Å². The van der Waals surface area contributed by atoms with Gasteiger partial charge in [-0.3, -0.25) is 0 Å². The minimum Gasteiger partial charge on any atom is -0.356 e. The Morgan fingerprint density at radius 1 is 0.935 bits per heavy atom. The summed E-state index contributed by atoms with van der Waals surface area (Å²) in [5.74, 6) is 1.37. The molecule has 1 aromatic heterocycles. The van der Waals surface area contributed by atoms with Crippen LogP contribution in [-0.2, 0) is 16.6 Å². The molecule has 1 aliphatic heterocycles. The smallest absolute Gasteiger partial charge is 0.240 e. The molecule has 0 amide bonds. The van der Waals surface area contributed by atoms with E-state index >= 15 is 0 Å². The molecule has 0 unspecified atom stereocenters. The average Bonchev–Trinajstić information content (AvgIpc) is 3.32. The molecular weight excluding hydrogens is 408 g/mol. The Morgan fingerprint density at radius 2 is 1.71 bits per heavy atom. The largest absolute Gasteiger partial charge is 0.356 e. The van der Waals surface area contributed by atoms with Crippen molar-refractivity contribution in [3.05, 3.63) is 72.1 Å².